The number of hydrogen-bond donors (Lipinski definition) is 1. The van der Waals surface area contributed by atoms with E-state index in [9.17, 15) is 5.11 Å². The predicted molar refractivity (Wildman–Crippen MR) is 89.1 cm³/mol. The molecule has 1 saturated carbocycles. The van der Waals surface area contributed by atoms with Gasteiger partial charge in [-0.25, -0.2) is 9.47 Å². The van der Waals surface area contributed by atoms with Crippen molar-refractivity contribution in [2.75, 3.05) is 4.90 Å². The summed E-state index contributed by atoms with van der Waals surface area (Å²) < 4.78 is 2.04. The van der Waals surface area contributed by atoms with Gasteiger partial charge in [-0.1, -0.05) is 48.0 Å². The van der Waals surface area contributed by atoms with Gasteiger partial charge in [-0.2, -0.15) is 0 Å². The highest BCUT2D eigenvalue weighted by Crippen LogP contribution is 2.39. The van der Waals surface area contributed by atoms with Crippen LogP contribution in [0.5, 0.6) is 0 Å². The Kier molecular flexibility index (Phi) is 5.13. The van der Waals surface area contributed by atoms with E-state index >= 15 is 0 Å². The van der Waals surface area contributed by atoms with Crippen LogP contribution in [0.2, 0.25) is 5.02 Å². The van der Waals surface area contributed by atoms with E-state index in [2.05, 4.69) is 9.88 Å². The number of fused-ring (bicyclic) bond motifs is 1. The molecule has 1 fully saturated rings. The zero-order valence-electron chi connectivity index (χ0n) is 13.4. The van der Waals surface area contributed by atoms with Gasteiger partial charge >= 0.3 is 5.95 Å². The number of rotatable bonds is 2. The van der Waals surface area contributed by atoms with Crippen LogP contribution in [0.1, 0.15) is 37.7 Å². The number of aromatic nitrogens is 2. The van der Waals surface area contributed by atoms with Gasteiger partial charge in [0.15, 0.2) is 0 Å². The number of anilines is 1. The summed E-state index contributed by atoms with van der Waals surface area (Å²) in [6.07, 6.45) is 9.71. The molecule has 2 aromatic rings. The lowest BCUT2D eigenvalue weighted by Crippen LogP contribution is -3.00. The number of hydrogen-bond acceptors (Lipinski definition) is 3. The van der Waals surface area contributed by atoms with Gasteiger partial charge < -0.3 is 22.1 Å². The quantitative estimate of drug-likeness (QED) is 0.710. The summed E-state index contributed by atoms with van der Waals surface area (Å²) in [4.78, 5) is 6.69. The molecule has 0 radical (unpaired) electrons. The molecule has 6 heteroatoms. The van der Waals surface area contributed by atoms with Crippen molar-refractivity contribution in [3.05, 3.63) is 53.3 Å². The zero-order valence-corrected chi connectivity index (χ0v) is 15.7. The van der Waals surface area contributed by atoms with Crippen molar-refractivity contribution in [2.24, 2.45) is 0 Å². The van der Waals surface area contributed by atoms with Crippen molar-refractivity contribution < 1.29 is 26.7 Å². The second-order valence-electron chi connectivity index (χ2n) is 6.53. The second-order valence-corrected chi connectivity index (χ2v) is 6.97. The van der Waals surface area contributed by atoms with Crippen LogP contribution in [0, 0.1) is 0 Å². The van der Waals surface area contributed by atoms with Gasteiger partial charge in [-0.3, -0.25) is 0 Å². The van der Waals surface area contributed by atoms with E-state index in [0.29, 0.717) is 17.6 Å². The second kappa shape index (κ2) is 6.98. The highest BCUT2D eigenvalue weighted by Gasteiger charge is 2.54. The van der Waals surface area contributed by atoms with E-state index in [-0.39, 0.29) is 17.0 Å². The van der Waals surface area contributed by atoms with Crippen LogP contribution in [0.25, 0.3) is 0 Å². The van der Waals surface area contributed by atoms with Crippen LogP contribution in [0.3, 0.4) is 0 Å². The van der Waals surface area contributed by atoms with Crippen LogP contribution < -0.4 is 26.4 Å². The van der Waals surface area contributed by atoms with Gasteiger partial charge in [0.05, 0.1) is 12.2 Å². The molecule has 4 rings (SSSR count). The third kappa shape index (κ3) is 2.93. The van der Waals surface area contributed by atoms with Crippen LogP contribution >= 0.6 is 11.6 Å². The Morgan fingerprint density at radius 3 is 2.58 bits per heavy atom. The first kappa shape index (κ1) is 17.6. The van der Waals surface area contributed by atoms with Crippen molar-refractivity contribution in [2.45, 2.75) is 50.4 Å². The molecule has 128 valence electrons. The lowest BCUT2D eigenvalue weighted by Gasteiger charge is -2.36. The van der Waals surface area contributed by atoms with Crippen LogP contribution in [-0.4, -0.2) is 16.1 Å². The Hall–Kier alpha value is -1.17. The molecule has 2 heterocycles. The minimum absolute atomic E-state index is 0. The van der Waals surface area contributed by atoms with Crippen LogP contribution in [0.15, 0.2) is 42.7 Å². The maximum Gasteiger partial charge on any atom is 0.397 e. The first-order valence-electron chi connectivity index (χ1n) is 8.31. The van der Waals surface area contributed by atoms with Crippen molar-refractivity contribution in [1.29, 1.82) is 0 Å². The Morgan fingerprint density at radius 2 is 1.88 bits per heavy atom. The molecule has 0 unspecified atom stereocenters. The third-order valence-corrected chi connectivity index (χ3v) is 5.30. The maximum absolute atomic E-state index is 11.6. The molecule has 1 atom stereocenters. The van der Waals surface area contributed by atoms with Crippen molar-refractivity contribution in [1.82, 2.24) is 4.98 Å². The predicted octanol–water partition coefficient (Wildman–Crippen LogP) is 0.0245. The highest BCUT2D eigenvalue weighted by molar-refractivity contribution is 6.30. The van der Waals surface area contributed by atoms with Gasteiger partial charge in [-0.05, 0) is 25.0 Å². The average Bonchev–Trinajstić information content (AvgIpc) is 2.89. The van der Waals surface area contributed by atoms with Gasteiger partial charge in [0.1, 0.15) is 12.7 Å². The van der Waals surface area contributed by atoms with Gasteiger partial charge in [0.2, 0.25) is 5.72 Å². The normalized spacial score (nSPS) is 23.7. The fourth-order valence-electron chi connectivity index (χ4n) is 3.95. The fourth-order valence-corrected chi connectivity index (χ4v) is 4.07. The minimum Gasteiger partial charge on any atom is -1.00 e. The number of aliphatic hydroxyl groups is 1. The molecular weight excluding hydrogens is 390 g/mol. The SMILES string of the molecule is O[C@@]1(c2ccc(Cl)cc2)C[n+]2cccnc2N1C1CCCCC1.[Br-]. The molecule has 0 saturated heterocycles. The summed E-state index contributed by atoms with van der Waals surface area (Å²) in [6.45, 7) is 0.494. The molecule has 0 spiro atoms. The molecule has 4 nitrogen and oxygen atoms in total. The standard InChI is InChI=1S/C18H21ClN3O.BrH/c19-15-9-7-14(8-10-15)18(23)13-21-12-4-11-20-17(21)22(18)16-5-2-1-3-6-16;/h4,7-12,16,23H,1-3,5-6,13H2;1H/q+1;/p-1/t18-;/m1./s1. The molecule has 2 aliphatic rings. The van der Waals surface area contributed by atoms with E-state index in [0.717, 1.165) is 24.4 Å². The molecule has 1 N–H and O–H groups in total. The smallest absolute Gasteiger partial charge is 0.397 e. The van der Waals surface area contributed by atoms with E-state index in [1.54, 1.807) is 6.20 Å². The Bertz CT molecular complexity index is 706. The third-order valence-electron chi connectivity index (χ3n) is 5.05. The molecule has 1 aromatic carbocycles. The summed E-state index contributed by atoms with van der Waals surface area (Å²) in [5.41, 5.74) is -0.188. The molecule has 0 amide bonds. The van der Waals surface area contributed by atoms with Crippen molar-refractivity contribution in [3.63, 3.8) is 0 Å². The minimum atomic E-state index is -1.06. The first-order chi connectivity index (χ1) is 11.2. The van der Waals surface area contributed by atoms with Crippen LogP contribution in [-0.2, 0) is 12.3 Å². The Labute approximate surface area is 157 Å². The van der Waals surface area contributed by atoms with E-state index in [4.69, 9.17) is 11.6 Å². The molecule has 24 heavy (non-hydrogen) atoms. The van der Waals surface area contributed by atoms with Crippen molar-refractivity contribution >= 4 is 17.5 Å². The van der Waals surface area contributed by atoms with Gasteiger partial charge in [0, 0.05) is 16.7 Å². The van der Waals surface area contributed by atoms with E-state index in [1.807, 2.05) is 41.1 Å². The molecule has 1 aliphatic heterocycles. The molecular formula is C18H21BrClN3O. The highest BCUT2D eigenvalue weighted by atomic mass is 79.9. The molecule has 1 aromatic heterocycles. The largest absolute Gasteiger partial charge is 1.00 e. The number of halogens is 2. The summed E-state index contributed by atoms with van der Waals surface area (Å²) in [7, 11) is 0. The summed E-state index contributed by atoms with van der Waals surface area (Å²) >= 11 is 6.03. The number of benzene rings is 1. The summed E-state index contributed by atoms with van der Waals surface area (Å²) in [6, 6.07) is 9.77. The van der Waals surface area contributed by atoms with E-state index in [1.165, 1.54) is 19.3 Å². The Morgan fingerprint density at radius 1 is 1.17 bits per heavy atom. The summed E-state index contributed by atoms with van der Waals surface area (Å²) in [5, 5.41) is 12.3. The topological polar surface area (TPSA) is 40.2 Å². The average molecular weight is 411 g/mol. The van der Waals surface area contributed by atoms with Crippen LogP contribution in [0.4, 0.5) is 5.95 Å². The van der Waals surface area contributed by atoms with Gasteiger partial charge in [0.25, 0.3) is 0 Å². The molecule has 1 aliphatic carbocycles. The fraction of sp³-hybridized carbons (Fsp3) is 0.444. The monoisotopic (exact) mass is 409 g/mol. The zero-order chi connectivity index (χ0) is 15.9. The van der Waals surface area contributed by atoms with Crippen molar-refractivity contribution in [3.8, 4) is 0 Å². The lowest BCUT2D eigenvalue weighted by molar-refractivity contribution is -0.685. The maximum atomic E-state index is 11.6. The first-order valence-corrected chi connectivity index (χ1v) is 8.68. The molecule has 0 bridgehead atoms. The lowest BCUT2D eigenvalue weighted by atomic mass is 9.91. The number of nitrogens with zero attached hydrogens (tertiary/aromatic N) is 3. The van der Waals surface area contributed by atoms with E-state index < -0.39 is 5.72 Å². The Balaban J connectivity index is 0.00000169. The van der Waals surface area contributed by atoms with Gasteiger partial charge in [-0.15, -0.1) is 0 Å². The summed E-state index contributed by atoms with van der Waals surface area (Å²) in [5.74, 6) is 0.858.